The molecule has 3 nitrogen and oxygen atoms in total. The molecule has 0 saturated carbocycles. The van der Waals surface area contributed by atoms with Crippen molar-refractivity contribution >= 4 is 0 Å². The van der Waals surface area contributed by atoms with Gasteiger partial charge in [0.1, 0.15) is 6.04 Å². The van der Waals surface area contributed by atoms with E-state index in [4.69, 9.17) is 5.26 Å². The van der Waals surface area contributed by atoms with Crippen molar-refractivity contribution in [1.29, 1.82) is 10.5 Å². The fourth-order valence-corrected chi connectivity index (χ4v) is 2.32. The molecule has 0 bridgehead atoms. The van der Waals surface area contributed by atoms with Crippen LogP contribution in [0.5, 0.6) is 0 Å². The highest BCUT2D eigenvalue weighted by atomic mass is 15.2. The minimum Gasteiger partial charge on any atom is -0.284 e. The molecule has 1 aliphatic heterocycles. The van der Waals surface area contributed by atoms with Gasteiger partial charge in [-0.3, -0.25) is 4.90 Å². The lowest BCUT2D eigenvalue weighted by Crippen LogP contribution is -2.33. The zero-order valence-corrected chi connectivity index (χ0v) is 9.76. The fourth-order valence-electron chi connectivity index (χ4n) is 2.32. The molecule has 0 aliphatic carbocycles. The molecule has 1 saturated heterocycles. The van der Waals surface area contributed by atoms with Crippen molar-refractivity contribution in [3.8, 4) is 12.1 Å². The number of rotatable bonds is 2. The molecule has 1 fully saturated rings. The third-order valence-electron chi connectivity index (χ3n) is 3.21. The molecule has 1 aromatic carbocycles. The van der Waals surface area contributed by atoms with Crippen molar-refractivity contribution in [3.63, 3.8) is 0 Å². The summed E-state index contributed by atoms with van der Waals surface area (Å²) < 4.78 is 0. The van der Waals surface area contributed by atoms with Crippen LogP contribution in [-0.2, 0) is 0 Å². The summed E-state index contributed by atoms with van der Waals surface area (Å²) in [6, 6.07) is 11.6. The van der Waals surface area contributed by atoms with Gasteiger partial charge in [0.2, 0.25) is 0 Å². The molecule has 86 valence electrons. The van der Waals surface area contributed by atoms with Crippen molar-refractivity contribution in [2.24, 2.45) is 0 Å². The maximum absolute atomic E-state index is 9.32. The van der Waals surface area contributed by atoms with Gasteiger partial charge in [-0.05, 0) is 43.6 Å². The Hall–Kier alpha value is -1.84. The van der Waals surface area contributed by atoms with Crippen LogP contribution in [-0.4, -0.2) is 18.0 Å². The average Bonchev–Trinajstić information content (AvgIpc) is 2.41. The SMILES string of the molecule is N#Cc1cccc(C(C#N)N2CCCCC2)c1. The van der Waals surface area contributed by atoms with Crippen molar-refractivity contribution < 1.29 is 0 Å². The molecule has 0 N–H and O–H groups in total. The van der Waals surface area contributed by atoms with Crippen molar-refractivity contribution in [2.75, 3.05) is 13.1 Å². The summed E-state index contributed by atoms with van der Waals surface area (Å²) in [5, 5.41) is 18.2. The van der Waals surface area contributed by atoms with E-state index in [1.54, 1.807) is 6.07 Å². The Morgan fingerprint density at radius 1 is 1.12 bits per heavy atom. The fraction of sp³-hybridized carbons (Fsp3) is 0.429. The largest absolute Gasteiger partial charge is 0.284 e. The lowest BCUT2D eigenvalue weighted by Gasteiger charge is -2.30. The molecule has 0 spiro atoms. The second-order valence-corrected chi connectivity index (χ2v) is 4.37. The molecule has 0 radical (unpaired) electrons. The molecule has 0 amide bonds. The summed E-state index contributed by atoms with van der Waals surface area (Å²) in [4.78, 5) is 2.21. The highest BCUT2D eigenvalue weighted by Crippen LogP contribution is 2.24. The van der Waals surface area contributed by atoms with Gasteiger partial charge in [-0.2, -0.15) is 10.5 Å². The third-order valence-corrected chi connectivity index (χ3v) is 3.21. The van der Waals surface area contributed by atoms with Gasteiger partial charge in [-0.1, -0.05) is 18.6 Å². The standard InChI is InChI=1S/C14H15N3/c15-10-12-5-4-6-13(9-12)14(11-16)17-7-2-1-3-8-17/h4-6,9,14H,1-3,7-8H2. The first kappa shape index (κ1) is 11.6. The summed E-state index contributed by atoms with van der Waals surface area (Å²) in [6.45, 7) is 1.96. The van der Waals surface area contributed by atoms with Crippen molar-refractivity contribution in [1.82, 2.24) is 4.90 Å². The van der Waals surface area contributed by atoms with Crippen molar-refractivity contribution in [2.45, 2.75) is 25.3 Å². The van der Waals surface area contributed by atoms with E-state index in [-0.39, 0.29) is 6.04 Å². The van der Waals surface area contributed by atoms with Gasteiger partial charge >= 0.3 is 0 Å². The second kappa shape index (κ2) is 5.48. The Morgan fingerprint density at radius 2 is 1.88 bits per heavy atom. The van der Waals surface area contributed by atoms with Crippen LogP contribution in [0.1, 0.15) is 36.4 Å². The first-order chi connectivity index (χ1) is 8.35. The number of benzene rings is 1. The van der Waals surface area contributed by atoms with Crippen LogP contribution in [0.25, 0.3) is 0 Å². The zero-order chi connectivity index (χ0) is 12.1. The van der Waals surface area contributed by atoms with Gasteiger partial charge in [-0.15, -0.1) is 0 Å². The van der Waals surface area contributed by atoms with Crippen LogP contribution >= 0.6 is 0 Å². The molecule has 2 rings (SSSR count). The van der Waals surface area contributed by atoms with Gasteiger partial charge in [0, 0.05) is 0 Å². The topological polar surface area (TPSA) is 50.8 Å². The highest BCUT2D eigenvalue weighted by Gasteiger charge is 2.21. The molecule has 1 aromatic rings. The van der Waals surface area contributed by atoms with E-state index in [9.17, 15) is 5.26 Å². The Morgan fingerprint density at radius 3 is 2.53 bits per heavy atom. The van der Waals surface area contributed by atoms with Gasteiger partial charge in [0.05, 0.1) is 17.7 Å². The first-order valence-electron chi connectivity index (χ1n) is 5.99. The molecular weight excluding hydrogens is 210 g/mol. The molecule has 1 aliphatic rings. The Bertz CT molecular complexity index is 461. The number of likely N-dealkylation sites (tertiary alicyclic amines) is 1. The normalized spacial score (nSPS) is 18.0. The van der Waals surface area contributed by atoms with Gasteiger partial charge in [0.25, 0.3) is 0 Å². The minimum absolute atomic E-state index is 0.205. The molecule has 3 heteroatoms. The van der Waals surface area contributed by atoms with E-state index < -0.39 is 0 Å². The zero-order valence-electron chi connectivity index (χ0n) is 9.76. The van der Waals surface area contributed by atoms with E-state index in [0.29, 0.717) is 5.56 Å². The summed E-state index contributed by atoms with van der Waals surface area (Å²) in [6.07, 6.45) is 3.58. The van der Waals surface area contributed by atoms with Crippen LogP contribution in [0.2, 0.25) is 0 Å². The van der Waals surface area contributed by atoms with Crippen LogP contribution in [0.15, 0.2) is 24.3 Å². The maximum Gasteiger partial charge on any atom is 0.123 e. The van der Waals surface area contributed by atoms with Crippen LogP contribution in [0.4, 0.5) is 0 Å². The van der Waals surface area contributed by atoms with E-state index in [1.165, 1.54) is 6.42 Å². The first-order valence-corrected chi connectivity index (χ1v) is 5.99. The summed E-state index contributed by atoms with van der Waals surface area (Å²) in [5.74, 6) is 0. The molecule has 0 aromatic heterocycles. The number of hydrogen-bond acceptors (Lipinski definition) is 3. The van der Waals surface area contributed by atoms with Crippen LogP contribution < -0.4 is 0 Å². The van der Waals surface area contributed by atoms with Gasteiger partial charge < -0.3 is 0 Å². The van der Waals surface area contributed by atoms with Crippen molar-refractivity contribution in [3.05, 3.63) is 35.4 Å². The monoisotopic (exact) mass is 225 g/mol. The predicted molar refractivity (Wildman–Crippen MR) is 64.9 cm³/mol. The Kier molecular flexibility index (Phi) is 3.75. The average molecular weight is 225 g/mol. The Labute approximate surface area is 102 Å². The minimum atomic E-state index is -0.205. The number of piperidine rings is 1. The van der Waals surface area contributed by atoms with E-state index in [0.717, 1.165) is 31.5 Å². The number of nitrogens with zero attached hydrogens (tertiary/aromatic N) is 3. The molecule has 1 heterocycles. The molecule has 1 unspecified atom stereocenters. The third kappa shape index (κ3) is 2.64. The van der Waals surface area contributed by atoms with Gasteiger partial charge in [-0.25, -0.2) is 0 Å². The van der Waals surface area contributed by atoms with Crippen LogP contribution in [0, 0.1) is 22.7 Å². The summed E-state index contributed by atoms with van der Waals surface area (Å²) in [7, 11) is 0. The van der Waals surface area contributed by atoms with E-state index in [1.807, 2.05) is 18.2 Å². The smallest absolute Gasteiger partial charge is 0.123 e. The predicted octanol–water partition coefficient (Wildman–Crippen LogP) is 2.61. The van der Waals surface area contributed by atoms with Crippen LogP contribution in [0.3, 0.4) is 0 Å². The van der Waals surface area contributed by atoms with E-state index in [2.05, 4.69) is 17.0 Å². The van der Waals surface area contributed by atoms with E-state index >= 15 is 0 Å². The molecule has 17 heavy (non-hydrogen) atoms. The quantitative estimate of drug-likeness (QED) is 0.777. The number of nitriles is 2. The lowest BCUT2D eigenvalue weighted by molar-refractivity contribution is 0.196. The maximum atomic E-state index is 9.32. The molecular formula is C14H15N3. The summed E-state index contributed by atoms with van der Waals surface area (Å²) >= 11 is 0. The Balaban J connectivity index is 2.22. The summed E-state index contributed by atoms with van der Waals surface area (Å²) in [5.41, 5.74) is 1.56. The highest BCUT2D eigenvalue weighted by molar-refractivity contribution is 5.36. The second-order valence-electron chi connectivity index (χ2n) is 4.37. The lowest BCUT2D eigenvalue weighted by atomic mass is 10.0. The van der Waals surface area contributed by atoms with Gasteiger partial charge in [0.15, 0.2) is 0 Å². The number of hydrogen-bond donors (Lipinski definition) is 0. The molecule has 1 atom stereocenters.